The Labute approximate surface area is 113 Å². The van der Waals surface area contributed by atoms with Crippen molar-refractivity contribution in [2.75, 3.05) is 34.4 Å². The number of nitrogens with zero attached hydrogens (tertiary/aromatic N) is 1. The molecule has 0 spiro atoms. The quantitative estimate of drug-likeness (QED) is 0.831. The third-order valence-electron chi connectivity index (χ3n) is 2.78. The van der Waals surface area contributed by atoms with E-state index >= 15 is 0 Å². The fraction of sp³-hybridized carbons (Fsp3) is 0.500. The molecule has 0 aromatic heterocycles. The molecular weight excluding hydrogens is 270 g/mol. The van der Waals surface area contributed by atoms with E-state index in [0.717, 1.165) is 4.31 Å². The third kappa shape index (κ3) is 3.17. The van der Waals surface area contributed by atoms with Crippen LogP contribution in [-0.4, -0.2) is 52.2 Å². The molecule has 0 unspecified atom stereocenters. The highest BCUT2D eigenvalue weighted by Crippen LogP contribution is 2.33. The van der Waals surface area contributed by atoms with Crippen molar-refractivity contribution in [3.8, 4) is 11.5 Å². The molecule has 0 heterocycles. The summed E-state index contributed by atoms with van der Waals surface area (Å²) < 4.78 is 36.0. The summed E-state index contributed by atoms with van der Waals surface area (Å²) in [7, 11) is 0.702. The Kier molecular flexibility index (Phi) is 5.16. The zero-order valence-corrected chi connectivity index (χ0v) is 12.3. The molecule has 108 valence electrons. The molecule has 1 N–H and O–H groups in total. The number of sulfonamides is 1. The molecule has 0 aliphatic rings. The van der Waals surface area contributed by atoms with E-state index in [0.29, 0.717) is 17.1 Å². The van der Waals surface area contributed by atoms with Crippen LogP contribution in [0, 0.1) is 6.92 Å². The first-order valence-corrected chi connectivity index (χ1v) is 7.12. The number of ether oxygens (including phenoxy) is 2. The van der Waals surface area contributed by atoms with Crippen LogP contribution in [0.2, 0.25) is 0 Å². The zero-order valence-electron chi connectivity index (χ0n) is 11.5. The minimum atomic E-state index is -3.65. The van der Waals surface area contributed by atoms with E-state index in [1.54, 1.807) is 13.0 Å². The Morgan fingerprint density at radius 1 is 1.21 bits per heavy atom. The van der Waals surface area contributed by atoms with E-state index in [9.17, 15) is 8.42 Å². The third-order valence-corrected chi connectivity index (χ3v) is 4.78. The highest BCUT2D eigenvalue weighted by molar-refractivity contribution is 7.89. The van der Waals surface area contributed by atoms with Gasteiger partial charge in [-0.25, -0.2) is 8.42 Å². The van der Waals surface area contributed by atoms with Gasteiger partial charge in [0.1, 0.15) is 0 Å². The predicted octanol–water partition coefficient (Wildman–Crippen LogP) is 0.625. The normalized spacial score (nSPS) is 11.7. The zero-order chi connectivity index (χ0) is 14.6. The Hall–Kier alpha value is -1.31. The topological polar surface area (TPSA) is 76.1 Å². The Bertz CT molecular complexity index is 541. The van der Waals surface area contributed by atoms with E-state index in [-0.39, 0.29) is 18.0 Å². The van der Waals surface area contributed by atoms with Crippen molar-refractivity contribution in [3.05, 3.63) is 17.7 Å². The number of aryl methyl sites for hydroxylation is 1. The van der Waals surface area contributed by atoms with Gasteiger partial charge in [0.05, 0.1) is 25.7 Å². The van der Waals surface area contributed by atoms with Crippen LogP contribution in [0.15, 0.2) is 17.0 Å². The average Bonchev–Trinajstić information content (AvgIpc) is 2.38. The van der Waals surface area contributed by atoms with Crippen LogP contribution in [0.1, 0.15) is 5.56 Å². The Morgan fingerprint density at radius 3 is 2.21 bits per heavy atom. The van der Waals surface area contributed by atoms with Gasteiger partial charge in [-0.05, 0) is 18.6 Å². The van der Waals surface area contributed by atoms with Gasteiger partial charge in [-0.2, -0.15) is 4.31 Å². The number of hydrogen-bond acceptors (Lipinski definition) is 5. The van der Waals surface area contributed by atoms with E-state index < -0.39 is 10.0 Å². The summed E-state index contributed by atoms with van der Waals surface area (Å²) in [5.74, 6) is 0.827. The Morgan fingerprint density at radius 2 is 1.74 bits per heavy atom. The molecule has 0 atom stereocenters. The average molecular weight is 289 g/mol. The second kappa shape index (κ2) is 6.23. The maximum absolute atomic E-state index is 12.3. The predicted molar refractivity (Wildman–Crippen MR) is 71.2 cm³/mol. The summed E-state index contributed by atoms with van der Waals surface area (Å²) in [6, 6.07) is 3.04. The summed E-state index contributed by atoms with van der Waals surface area (Å²) >= 11 is 0. The summed E-state index contributed by atoms with van der Waals surface area (Å²) in [6.45, 7) is 1.49. The second-order valence-corrected chi connectivity index (χ2v) is 6.04. The largest absolute Gasteiger partial charge is 0.493 e. The fourth-order valence-corrected chi connectivity index (χ4v) is 3.05. The van der Waals surface area contributed by atoms with Gasteiger partial charge in [0.25, 0.3) is 0 Å². The minimum absolute atomic E-state index is 0.0378. The van der Waals surface area contributed by atoms with E-state index in [4.69, 9.17) is 14.6 Å². The number of benzene rings is 1. The minimum Gasteiger partial charge on any atom is -0.493 e. The van der Waals surface area contributed by atoms with Crippen LogP contribution in [0.5, 0.6) is 11.5 Å². The van der Waals surface area contributed by atoms with Crippen molar-refractivity contribution in [1.82, 2.24) is 4.31 Å². The lowest BCUT2D eigenvalue weighted by molar-refractivity contribution is 0.266. The summed E-state index contributed by atoms with van der Waals surface area (Å²) in [4.78, 5) is 0.140. The van der Waals surface area contributed by atoms with Crippen LogP contribution in [0.3, 0.4) is 0 Å². The molecule has 1 aromatic carbocycles. The van der Waals surface area contributed by atoms with Crippen molar-refractivity contribution in [2.24, 2.45) is 0 Å². The van der Waals surface area contributed by atoms with Gasteiger partial charge < -0.3 is 14.6 Å². The first-order chi connectivity index (χ1) is 8.88. The van der Waals surface area contributed by atoms with E-state index in [1.807, 2.05) is 0 Å². The lowest BCUT2D eigenvalue weighted by Gasteiger charge is -2.19. The number of methoxy groups -OCH3 is 2. The molecule has 0 bridgehead atoms. The standard InChI is InChI=1S/C12H19NO5S/c1-9-7-10(17-3)11(18-4)8-12(9)19(15,16)13(2)5-6-14/h7-8,14H,5-6H2,1-4H3. The first-order valence-electron chi connectivity index (χ1n) is 5.68. The van der Waals surface area contributed by atoms with Gasteiger partial charge in [-0.1, -0.05) is 0 Å². The molecule has 19 heavy (non-hydrogen) atoms. The highest BCUT2D eigenvalue weighted by atomic mass is 32.2. The Balaban J connectivity index is 3.35. The van der Waals surface area contributed by atoms with Gasteiger partial charge >= 0.3 is 0 Å². The molecule has 0 saturated heterocycles. The molecular formula is C12H19NO5S. The molecule has 0 saturated carbocycles. The molecule has 1 rings (SSSR count). The first kappa shape index (κ1) is 15.7. The summed E-state index contributed by atoms with van der Waals surface area (Å²) in [6.07, 6.45) is 0. The maximum Gasteiger partial charge on any atom is 0.243 e. The van der Waals surface area contributed by atoms with Crippen molar-refractivity contribution < 1.29 is 23.0 Å². The molecule has 7 heteroatoms. The lowest BCUT2D eigenvalue weighted by Crippen LogP contribution is -2.30. The van der Waals surface area contributed by atoms with Gasteiger partial charge in [0, 0.05) is 19.7 Å². The number of hydrogen-bond donors (Lipinski definition) is 1. The molecule has 0 amide bonds. The lowest BCUT2D eigenvalue weighted by atomic mass is 10.2. The van der Waals surface area contributed by atoms with Gasteiger partial charge in [0.15, 0.2) is 11.5 Å². The van der Waals surface area contributed by atoms with E-state index in [2.05, 4.69) is 0 Å². The monoisotopic (exact) mass is 289 g/mol. The van der Waals surface area contributed by atoms with Crippen LogP contribution in [0.25, 0.3) is 0 Å². The van der Waals surface area contributed by atoms with E-state index in [1.165, 1.54) is 27.3 Å². The summed E-state index contributed by atoms with van der Waals surface area (Å²) in [5.41, 5.74) is 0.558. The molecule has 0 aliphatic carbocycles. The van der Waals surface area contributed by atoms with Crippen LogP contribution < -0.4 is 9.47 Å². The van der Waals surface area contributed by atoms with Crippen LogP contribution in [0.4, 0.5) is 0 Å². The number of aliphatic hydroxyl groups excluding tert-OH is 1. The summed E-state index contributed by atoms with van der Waals surface area (Å²) in [5, 5.41) is 8.85. The second-order valence-electron chi connectivity index (χ2n) is 4.02. The van der Waals surface area contributed by atoms with Crippen LogP contribution in [-0.2, 0) is 10.0 Å². The molecule has 6 nitrogen and oxygen atoms in total. The number of likely N-dealkylation sites (N-methyl/N-ethyl adjacent to an activating group) is 1. The molecule has 1 aromatic rings. The SMILES string of the molecule is COc1cc(C)c(S(=O)(=O)N(C)CCO)cc1OC. The molecule has 0 fully saturated rings. The molecule has 0 aliphatic heterocycles. The van der Waals surface area contributed by atoms with Crippen molar-refractivity contribution >= 4 is 10.0 Å². The smallest absolute Gasteiger partial charge is 0.243 e. The fourth-order valence-electron chi connectivity index (χ4n) is 1.67. The van der Waals surface area contributed by atoms with Crippen molar-refractivity contribution in [2.45, 2.75) is 11.8 Å². The van der Waals surface area contributed by atoms with Gasteiger partial charge in [-0.15, -0.1) is 0 Å². The molecule has 0 radical (unpaired) electrons. The number of aliphatic hydroxyl groups is 1. The maximum atomic E-state index is 12.3. The van der Waals surface area contributed by atoms with Crippen molar-refractivity contribution in [3.63, 3.8) is 0 Å². The number of rotatable bonds is 6. The van der Waals surface area contributed by atoms with Crippen LogP contribution >= 0.6 is 0 Å². The highest BCUT2D eigenvalue weighted by Gasteiger charge is 2.24. The van der Waals surface area contributed by atoms with Gasteiger partial charge in [-0.3, -0.25) is 0 Å². The van der Waals surface area contributed by atoms with Gasteiger partial charge in [0.2, 0.25) is 10.0 Å². The van der Waals surface area contributed by atoms with Crippen molar-refractivity contribution in [1.29, 1.82) is 0 Å².